The van der Waals surface area contributed by atoms with Gasteiger partial charge in [0, 0.05) is 11.6 Å². The summed E-state index contributed by atoms with van der Waals surface area (Å²) in [7, 11) is 3.17. The van der Waals surface area contributed by atoms with E-state index in [0.29, 0.717) is 16.9 Å². The minimum atomic E-state index is -0.108. The molecule has 4 bridgehead atoms. The van der Waals surface area contributed by atoms with E-state index in [1.807, 2.05) is 18.2 Å². The van der Waals surface area contributed by atoms with Gasteiger partial charge in [-0.05, 0) is 80.8 Å². The van der Waals surface area contributed by atoms with Crippen LogP contribution in [0.4, 0.5) is 0 Å². The lowest BCUT2D eigenvalue weighted by Crippen LogP contribution is -2.56. The van der Waals surface area contributed by atoms with Crippen molar-refractivity contribution in [1.29, 1.82) is 0 Å². The number of ether oxygens (including phenoxy) is 2. The van der Waals surface area contributed by atoms with Gasteiger partial charge in [-0.3, -0.25) is 4.79 Å². The largest absolute Gasteiger partial charge is 0.493 e. The number of carbonyl (C=O) groups excluding carboxylic acids is 1. The third-order valence-corrected chi connectivity index (χ3v) is 7.28. The first-order valence-electron chi connectivity index (χ1n) is 10.7. The van der Waals surface area contributed by atoms with Crippen LogP contribution in [0.2, 0.25) is 0 Å². The third kappa shape index (κ3) is 4.07. The molecule has 158 valence electrons. The second-order valence-electron chi connectivity index (χ2n) is 9.16. The molecule has 4 fully saturated rings. The Bertz CT molecular complexity index is 741. The Labute approximate surface area is 173 Å². The number of nitrogens with zero attached hydrogens (tertiary/aromatic N) is 1. The van der Waals surface area contributed by atoms with Crippen molar-refractivity contribution < 1.29 is 19.1 Å². The Hall–Kier alpha value is -2.24. The van der Waals surface area contributed by atoms with Crippen LogP contribution in [0, 0.1) is 23.2 Å². The highest BCUT2D eigenvalue weighted by Gasteiger charge is 2.53. The highest BCUT2D eigenvalue weighted by molar-refractivity contribution is 5.85. The Kier molecular flexibility index (Phi) is 5.70. The second-order valence-corrected chi connectivity index (χ2v) is 9.16. The summed E-state index contributed by atoms with van der Waals surface area (Å²) < 4.78 is 10.6. The van der Waals surface area contributed by atoms with Crippen molar-refractivity contribution in [2.24, 2.45) is 28.3 Å². The van der Waals surface area contributed by atoms with Crippen molar-refractivity contribution in [3.05, 3.63) is 23.8 Å². The van der Waals surface area contributed by atoms with E-state index in [1.54, 1.807) is 14.2 Å². The first-order valence-corrected chi connectivity index (χ1v) is 10.7. The first-order chi connectivity index (χ1) is 14.0. The van der Waals surface area contributed by atoms with Crippen LogP contribution < -0.4 is 14.8 Å². The van der Waals surface area contributed by atoms with Crippen LogP contribution in [0.15, 0.2) is 23.4 Å². The molecule has 4 aliphatic carbocycles. The van der Waals surface area contributed by atoms with Crippen LogP contribution >= 0.6 is 0 Å². The van der Waals surface area contributed by atoms with Crippen molar-refractivity contribution >= 4 is 12.1 Å². The van der Waals surface area contributed by atoms with E-state index in [-0.39, 0.29) is 18.6 Å². The predicted octanol–water partition coefficient (Wildman–Crippen LogP) is 3.78. The average Bonchev–Trinajstić information content (AvgIpc) is 2.69. The van der Waals surface area contributed by atoms with Crippen molar-refractivity contribution in [2.75, 3.05) is 20.8 Å². The molecule has 0 heterocycles. The number of nitrogens with one attached hydrogen (secondary N) is 1. The number of methoxy groups -OCH3 is 2. The highest BCUT2D eigenvalue weighted by Crippen LogP contribution is 2.61. The van der Waals surface area contributed by atoms with E-state index in [2.05, 4.69) is 17.4 Å². The Morgan fingerprint density at radius 2 is 1.83 bits per heavy atom. The fraction of sp³-hybridized carbons (Fsp3) is 0.652. The van der Waals surface area contributed by atoms with E-state index in [9.17, 15) is 4.79 Å². The van der Waals surface area contributed by atoms with Crippen LogP contribution in [-0.4, -0.2) is 39.0 Å². The van der Waals surface area contributed by atoms with Crippen LogP contribution in [0.5, 0.6) is 11.5 Å². The fourth-order valence-electron chi connectivity index (χ4n) is 6.35. The number of hydrogen-bond donors (Lipinski definition) is 1. The molecule has 0 spiro atoms. The molecule has 0 saturated heterocycles. The molecule has 29 heavy (non-hydrogen) atoms. The van der Waals surface area contributed by atoms with E-state index in [1.165, 1.54) is 44.7 Å². The molecule has 1 amide bonds. The number of para-hydroxylation sites is 1. The minimum absolute atomic E-state index is 0.0838. The summed E-state index contributed by atoms with van der Waals surface area (Å²) >= 11 is 0. The molecule has 4 saturated carbocycles. The Morgan fingerprint density at radius 3 is 2.41 bits per heavy atom. The van der Waals surface area contributed by atoms with Gasteiger partial charge in [-0.25, -0.2) is 0 Å². The average molecular weight is 401 g/mol. The summed E-state index contributed by atoms with van der Waals surface area (Å²) in [5, 5.41) is 7.14. The molecule has 6 heteroatoms. The fourth-order valence-corrected chi connectivity index (χ4v) is 6.35. The lowest BCUT2D eigenvalue weighted by Gasteiger charge is -2.59. The third-order valence-electron chi connectivity index (χ3n) is 7.28. The molecule has 0 radical (unpaired) electrons. The van der Waals surface area contributed by atoms with E-state index >= 15 is 0 Å². The summed E-state index contributed by atoms with van der Waals surface area (Å²) in [6, 6.07) is 5.71. The quantitative estimate of drug-likeness (QED) is 0.533. The zero-order chi connectivity index (χ0) is 20.4. The Morgan fingerprint density at radius 1 is 1.17 bits per heavy atom. The van der Waals surface area contributed by atoms with Gasteiger partial charge in [-0.2, -0.15) is 0 Å². The van der Waals surface area contributed by atoms with Gasteiger partial charge < -0.3 is 19.6 Å². The molecule has 0 unspecified atom stereocenters. The predicted molar refractivity (Wildman–Crippen MR) is 111 cm³/mol. The van der Waals surface area contributed by atoms with Gasteiger partial charge in [0.15, 0.2) is 18.1 Å². The van der Waals surface area contributed by atoms with Gasteiger partial charge in [-0.15, -0.1) is 0 Å². The van der Waals surface area contributed by atoms with Gasteiger partial charge in [0.05, 0.1) is 20.4 Å². The van der Waals surface area contributed by atoms with Crippen molar-refractivity contribution in [3.63, 3.8) is 0 Å². The van der Waals surface area contributed by atoms with E-state index in [4.69, 9.17) is 14.3 Å². The molecule has 1 atom stereocenters. The normalized spacial score (nSPS) is 30.9. The first kappa shape index (κ1) is 20.0. The molecular formula is C23H32N2O4. The van der Waals surface area contributed by atoms with Crippen LogP contribution in [0.1, 0.15) is 51.0 Å². The van der Waals surface area contributed by atoms with Gasteiger partial charge in [0.2, 0.25) is 0 Å². The number of hydrogen-bond acceptors (Lipinski definition) is 5. The van der Waals surface area contributed by atoms with E-state index < -0.39 is 0 Å². The second kappa shape index (κ2) is 8.25. The maximum absolute atomic E-state index is 12.4. The molecule has 0 aromatic heterocycles. The van der Waals surface area contributed by atoms with Crippen molar-refractivity contribution in [2.45, 2.75) is 51.5 Å². The summed E-state index contributed by atoms with van der Waals surface area (Å²) in [4.78, 5) is 17.7. The SMILES string of the molecule is COc1cccc(/C=N\OCC(=O)N[C@@H](C)C23CC4CC(CC(C4)C2)C3)c1OC. The van der Waals surface area contributed by atoms with Crippen LogP contribution in [0.3, 0.4) is 0 Å². The standard InChI is InChI=1S/C23H32N2O4/c1-15(23-10-16-7-17(11-23)9-18(8-16)12-23)25-21(26)14-29-24-13-19-5-4-6-20(27-2)22(19)28-3/h4-6,13,15-18H,7-12,14H2,1-3H3,(H,25,26)/b24-13-/t15-,16?,17?,18?,23?/m0/s1. The Balaban J connectivity index is 1.29. The molecule has 1 aromatic carbocycles. The van der Waals surface area contributed by atoms with Crippen LogP contribution in [0.25, 0.3) is 0 Å². The molecule has 4 aliphatic rings. The zero-order valence-electron chi connectivity index (χ0n) is 17.6. The lowest BCUT2D eigenvalue weighted by atomic mass is 9.48. The molecule has 1 aromatic rings. The van der Waals surface area contributed by atoms with Gasteiger partial charge in [0.25, 0.3) is 5.91 Å². The zero-order valence-corrected chi connectivity index (χ0v) is 17.6. The number of oxime groups is 1. The summed E-state index contributed by atoms with van der Waals surface area (Å²) in [5.74, 6) is 3.72. The number of amides is 1. The van der Waals surface area contributed by atoms with Gasteiger partial charge in [-0.1, -0.05) is 11.2 Å². The number of benzene rings is 1. The van der Waals surface area contributed by atoms with Gasteiger partial charge >= 0.3 is 0 Å². The molecule has 1 N–H and O–H groups in total. The maximum atomic E-state index is 12.4. The maximum Gasteiger partial charge on any atom is 0.261 e. The molecule has 5 rings (SSSR count). The summed E-state index contributed by atoms with van der Waals surface area (Å²) in [5.41, 5.74) is 1.02. The van der Waals surface area contributed by atoms with Gasteiger partial charge in [0.1, 0.15) is 0 Å². The topological polar surface area (TPSA) is 69.2 Å². The van der Waals surface area contributed by atoms with Crippen molar-refractivity contribution in [3.8, 4) is 11.5 Å². The van der Waals surface area contributed by atoms with E-state index in [0.717, 1.165) is 23.3 Å². The monoisotopic (exact) mass is 400 g/mol. The number of carbonyl (C=O) groups is 1. The van der Waals surface area contributed by atoms with Crippen molar-refractivity contribution in [1.82, 2.24) is 5.32 Å². The van der Waals surface area contributed by atoms with Crippen LogP contribution in [-0.2, 0) is 9.63 Å². The minimum Gasteiger partial charge on any atom is -0.493 e. The smallest absolute Gasteiger partial charge is 0.261 e. The lowest BCUT2D eigenvalue weighted by molar-refractivity contribution is -0.130. The molecule has 0 aliphatic heterocycles. The summed E-state index contributed by atoms with van der Waals surface area (Å²) in [6.07, 6.45) is 9.58. The molecular weight excluding hydrogens is 368 g/mol. The highest BCUT2D eigenvalue weighted by atomic mass is 16.6. The molecule has 6 nitrogen and oxygen atoms in total. The summed E-state index contributed by atoms with van der Waals surface area (Å²) in [6.45, 7) is 2.09. The number of rotatable bonds is 8.